The number of piperidine rings is 1. The number of carbonyl (C=O) groups is 2. The van der Waals surface area contributed by atoms with E-state index in [0.717, 1.165) is 56.5 Å². The van der Waals surface area contributed by atoms with Crippen LogP contribution in [0.5, 0.6) is 0 Å². The van der Waals surface area contributed by atoms with E-state index in [-0.39, 0.29) is 17.9 Å². The van der Waals surface area contributed by atoms with Gasteiger partial charge in [0.2, 0.25) is 5.91 Å². The first kappa shape index (κ1) is 22.6. The van der Waals surface area contributed by atoms with E-state index >= 15 is 0 Å². The molecule has 1 saturated heterocycles. The monoisotopic (exact) mass is 454 g/mol. The van der Waals surface area contributed by atoms with Gasteiger partial charge in [0.15, 0.2) is 5.76 Å². The van der Waals surface area contributed by atoms with Crippen molar-refractivity contribution in [1.29, 1.82) is 5.26 Å². The minimum atomic E-state index is -0.169. The van der Waals surface area contributed by atoms with Gasteiger partial charge in [0.05, 0.1) is 5.56 Å². The number of aryl methyl sites for hydroxylation is 1. The number of fused-ring (bicyclic) bond motifs is 1. The van der Waals surface area contributed by atoms with E-state index in [1.165, 1.54) is 4.88 Å². The average Bonchev–Trinajstić information content (AvgIpc) is 3.35. The number of hydrogen-bond acceptors (Lipinski definition) is 6. The fourth-order valence-electron chi connectivity index (χ4n) is 4.52. The summed E-state index contributed by atoms with van der Waals surface area (Å²) in [6.07, 6.45) is 5.12. The largest absolute Gasteiger partial charge is 0.456 e. The molecule has 7 nitrogen and oxygen atoms in total. The van der Waals surface area contributed by atoms with E-state index < -0.39 is 0 Å². The van der Waals surface area contributed by atoms with E-state index in [1.807, 2.05) is 6.92 Å². The SMILES string of the molecule is Cc1ccc(C(=O)NC2CCN(CCC(=O)Nc3sc4c(c3C#N)CCC(C)C4)CC2)o1. The number of nitrogens with one attached hydrogen (secondary N) is 2. The highest BCUT2D eigenvalue weighted by molar-refractivity contribution is 7.16. The lowest BCUT2D eigenvalue weighted by Gasteiger charge is -2.32. The van der Waals surface area contributed by atoms with Crippen LogP contribution in [0, 0.1) is 24.2 Å². The molecule has 1 aliphatic carbocycles. The van der Waals surface area contributed by atoms with Gasteiger partial charge in [0.1, 0.15) is 16.8 Å². The Hall–Kier alpha value is -2.63. The van der Waals surface area contributed by atoms with E-state index in [4.69, 9.17) is 4.42 Å². The van der Waals surface area contributed by atoms with Gasteiger partial charge in [-0.1, -0.05) is 6.92 Å². The Balaban J connectivity index is 1.22. The molecule has 0 bridgehead atoms. The highest BCUT2D eigenvalue weighted by Crippen LogP contribution is 2.39. The predicted molar refractivity (Wildman–Crippen MR) is 124 cm³/mol. The zero-order valence-corrected chi connectivity index (χ0v) is 19.5. The highest BCUT2D eigenvalue weighted by atomic mass is 32.1. The molecule has 0 aromatic carbocycles. The summed E-state index contributed by atoms with van der Waals surface area (Å²) in [6.45, 7) is 6.40. The van der Waals surface area contributed by atoms with Crippen LogP contribution >= 0.6 is 11.3 Å². The molecule has 2 aromatic heterocycles. The Morgan fingerprint density at radius 3 is 2.75 bits per heavy atom. The first-order chi connectivity index (χ1) is 15.4. The smallest absolute Gasteiger partial charge is 0.287 e. The molecule has 2 amide bonds. The van der Waals surface area contributed by atoms with Crippen molar-refractivity contribution in [2.24, 2.45) is 5.92 Å². The van der Waals surface area contributed by atoms with Crippen molar-refractivity contribution < 1.29 is 14.0 Å². The van der Waals surface area contributed by atoms with Crippen molar-refractivity contribution in [1.82, 2.24) is 10.2 Å². The molecule has 0 saturated carbocycles. The molecule has 1 unspecified atom stereocenters. The molecule has 32 heavy (non-hydrogen) atoms. The summed E-state index contributed by atoms with van der Waals surface area (Å²) >= 11 is 1.57. The second-order valence-corrected chi connectivity index (χ2v) is 10.1. The number of amides is 2. The van der Waals surface area contributed by atoms with Crippen molar-refractivity contribution in [3.63, 3.8) is 0 Å². The fraction of sp³-hybridized carbons (Fsp3) is 0.542. The maximum absolute atomic E-state index is 12.6. The maximum atomic E-state index is 12.6. The van der Waals surface area contributed by atoms with Crippen molar-refractivity contribution >= 4 is 28.2 Å². The van der Waals surface area contributed by atoms with Gasteiger partial charge in [-0.3, -0.25) is 9.59 Å². The van der Waals surface area contributed by atoms with Crippen LogP contribution in [0.15, 0.2) is 16.5 Å². The van der Waals surface area contributed by atoms with Crippen LogP contribution in [0.1, 0.15) is 64.9 Å². The predicted octanol–water partition coefficient (Wildman–Crippen LogP) is 3.87. The second-order valence-electron chi connectivity index (χ2n) is 8.97. The standard InChI is InChI=1S/C24H30N4O3S/c1-15-3-5-18-19(14-25)24(32-21(18)13-15)27-22(29)9-12-28-10-7-17(8-11-28)26-23(30)20-6-4-16(2)31-20/h4,6,15,17H,3,5,7-13H2,1-2H3,(H,26,30)(H,27,29). The number of carbonyl (C=O) groups excluding carboxylic acids is 2. The molecule has 0 radical (unpaired) electrons. The minimum Gasteiger partial charge on any atom is -0.456 e. The lowest BCUT2D eigenvalue weighted by molar-refractivity contribution is -0.116. The molecule has 2 N–H and O–H groups in total. The van der Waals surface area contributed by atoms with Gasteiger partial charge < -0.3 is 20.0 Å². The molecule has 4 rings (SSSR count). The summed E-state index contributed by atoms with van der Waals surface area (Å²) in [5.74, 6) is 1.49. The summed E-state index contributed by atoms with van der Waals surface area (Å²) in [4.78, 5) is 28.3. The third kappa shape index (κ3) is 5.22. The molecule has 2 aromatic rings. The molecule has 8 heteroatoms. The number of thiophene rings is 1. The number of anilines is 1. The van der Waals surface area contributed by atoms with Gasteiger partial charge in [-0.25, -0.2) is 0 Å². The van der Waals surface area contributed by atoms with Gasteiger partial charge in [-0.2, -0.15) is 5.26 Å². The summed E-state index contributed by atoms with van der Waals surface area (Å²) in [5.41, 5.74) is 1.80. The molecule has 0 spiro atoms. The number of nitrogens with zero attached hydrogens (tertiary/aromatic N) is 2. The Bertz CT molecular complexity index is 1030. The van der Waals surface area contributed by atoms with Crippen LogP contribution in [-0.2, 0) is 17.6 Å². The Kier molecular flexibility index (Phi) is 6.97. The fourth-order valence-corrected chi connectivity index (χ4v) is 5.90. The summed E-state index contributed by atoms with van der Waals surface area (Å²) in [7, 11) is 0. The molecule has 1 aliphatic heterocycles. The molecule has 3 heterocycles. The maximum Gasteiger partial charge on any atom is 0.287 e. The number of rotatable bonds is 6. The second kappa shape index (κ2) is 9.88. The molecular weight excluding hydrogens is 424 g/mol. The number of furan rings is 1. The number of likely N-dealkylation sites (tertiary alicyclic amines) is 1. The molecule has 170 valence electrons. The third-order valence-corrected chi connectivity index (χ3v) is 7.59. The van der Waals surface area contributed by atoms with Crippen LogP contribution in [-0.4, -0.2) is 42.4 Å². The van der Waals surface area contributed by atoms with Crippen LogP contribution < -0.4 is 10.6 Å². The van der Waals surface area contributed by atoms with Crippen LogP contribution in [0.4, 0.5) is 5.00 Å². The van der Waals surface area contributed by atoms with Crippen molar-refractivity contribution in [2.45, 2.75) is 58.4 Å². The van der Waals surface area contributed by atoms with Crippen molar-refractivity contribution in [3.8, 4) is 6.07 Å². The van der Waals surface area contributed by atoms with E-state index in [0.29, 0.717) is 35.2 Å². The molecular formula is C24H30N4O3S. The average molecular weight is 455 g/mol. The Morgan fingerprint density at radius 2 is 2.06 bits per heavy atom. The number of nitriles is 1. The van der Waals surface area contributed by atoms with Crippen LogP contribution in [0.3, 0.4) is 0 Å². The third-order valence-electron chi connectivity index (χ3n) is 6.42. The minimum absolute atomic E-state index is 0.0447. The topological polar surface area (TPSA) is 98.4 Å². The Labute approximate surface area is 192 Å². The first-order valence-electron chi connectivity index (χ1n) is 11.4. The van der Waals surface area contributed by atoms with E-state index in [9.17, 15) is 14.9 Å². The van der Waals surface area contributed by atoms with Gasteiger partial charge in [-0.15, -0.1) is 11.3 Å². The van der Waals surface area contributed by atoms with E-state index in [2.05, 4.69) is 28.5 Å². The summed E-state index contributed by atoms with van der Waals surface area (Å²) < 4.78 is 5.38. The van der Waals surface area contributed by atoms with Gasteiger partial charge in [0, 0.05) is 37.0 Å². The zero-order valence-electron chi connectivity index (χ0n) is 18.7. The lowest BCUT2D eigenvalue weighted by Crippen LogP contribution is -2.45. The summed E-state index contributed by atoms with van der Waals surface area (Å²) in [6, 6.07) is 5.91. The highest BCUT2D eigenvalue weighted by Gasteiger charge is 2.25. The van der Waals surface area contributed by atoms with Crippen LogP contribution in [0.25, 0.3) is 0 Å². The van der Waals surface area contributed by atoms with E-state index in [1.54, 1.807) is 23.5 Å². The van der Waals surface area contributed by atoms with Crippen molar-refractivity contribution in [3.05, 3.63) is 39.7 Å². The first-order valence-corrected chi connectivity index (χ1v) is 12.2. The Morgan fingerprint density at radius 1 is 1.28 bits per heavy atom. The van der Waals surface area contributed by atoms with Gasteiger partial charge >= 0.3 is 0 Å². The van der Waals surface area contributed by atoms with Crippen molar-refractivity contribution in [2.75, 3.05) is 25.0 Å². The molecule has 2 aliphatic rings. The quantitative estimate of drug-likeness (QED) is 0.690. The lowest BCUT2D eigenvalue weighted by atomic mass is 9.89. The summed E-state index contributed by atoms with van der Waals surface area (Å²) in [5, 5.41) is 16.3. The molecule has 1 fully saturated rings. The zero-order chi connectivity index (χ0) is 22.7. The normalized spacial score (nSPS) is 19.2. The van der Waals surface area contributed by atoms with Gasteiger partial charge in [-0.05, 0) is 62.6 Å². The molecule has 1 atom stereocenters. The van der Waals surface area contributed by atoms with Crippen LogP contribution in [0.2, 0.25) is 0 Å². The number of hydrogen-bond donors (Lipinski definition) is 2. The van der Waals surface area contributed by atoms with Gasteiger partial charge in [0.25, 0.3) is 5.91 Å².